The molecule has 84 valence electrons. The van der Waals surface area contributed by atoms with Crippen molar-refractivity contribution in [2.45, 2.75) is 44.7 Å². The number of hydrogen-bond acceptors (Lipinski definition) is 2. The van der Waals surface area contributed by atoms with E-state index in [4.69, 9.17) is 6.42 Å². The molecule has 2 atom stereocenters. The SMILES string of the molecule is C#CCC(CC)N1CCNC(C2CC2)C1. The van der Waals surface area contributed by atoms with E-state index in [0.29, 0.717) is 6.04 Å². The maximum Gasteiger partial charge on any atom is 0.0242 e. The van der Waals surface area contributed by atoms with Gasteiger partial charge in [0, 0.05) is 38.1 Å². The molecule has 1 heterocycles. The van der Waals surface area contributed by atoms with Gasteiger partial charge in [-0.2, -0.15) is 0 Å². The van der Waals surface area contributed by atoms with Crippen molar-refractivity contribution < 1.29 is 0 Å². The highest BCUT2D eigenvalue weighted by Crippen LogP contribution is 2.34. The van der Waals surface area contributed by atoms with Gasteiger partial charge in [-0.1, -0.05) is 6.92 Å². The number of piperazine rings is 1. The quantitative estimate of drug-likeness (QED) is 0.701. The molecule has 1 saturated carbocycles. The fourth-order valence-corrected chi connectivity index (χ4v) is 2.62. The van der Waals surface area contributed by atoms with E-state index in [1.54, 1.807) is 0 Å². The molecule has 0 radical (unpaired) electrons. The monoisotopic (exact) mass is 206 g/mol. The number of nitrogens with one attached hydrogen (secondary N) is 1. The van der Waals surface area contributed by atoms with Gasteiger partial charge in [-0.25, -0.2) is 0 Å². The third-order valence-corrected chi connectivity index (χ3v) is 3.77. The molecule has 15 heavy (non-hydrogen) atoms. The average Bonchev–Trinajstić information content (AvgIpc) is 3.10. The molecule has 1 aliphatic carbocycles. The van der Waals surface area contributed by atoms with Crippen molar-refractivity contribution in [1.29, 1.82) is 0 Å². The Kier molecular flexibility index (Phi) is 3.66. The molecule has 2 aliphatic rings. The molecule has 1 saturated heterocycles. The Morgan fingerprint density at radius 3 is 2.93 bits per heavy atom. The van der Waals surface area contributed by atoms with Crippen molar-refractivity contribution in [3.05, 3.63) is 0 Å². The van der Waals surface area contributed by atoms with Crippen molar-refractivity contribution in [2.75, 3.05) is 19.6 Å². The minimum absolute atomic E-state index is 0.610. The third-order valence-electron chi connectivity index (χ3n) is 3.77. The molecule has 1 N–H and O–H groups in total. The van der Waals surface area contributed by atoms with Gasteiger partial charge < -0.3 is 5.32 Å². The van der Waals surface area contributed by atoms with Crippen LogP contribution in [0.25, 0.3) is 0 Å². The van der Waals surface area contributed by atoms with Crippen LogP contribution in [0.4, 0.5) is 0 Å². The Morgan fingerprint density at radius 2 is 2.33 bits per heavy atom. The third kappa shape index (κ3) is 2.74. The van der Waals surface area contributed by atoms with E-state index in [1.807, 2.05) is 0 Å². The minimum Gasteiger partial charge on any atom is -0.311 e. The van der Waals surface area contributed by atoms with Gasteiger partial charge in [0.1, 0.15) is 0 Å². The van der Waals surface area contributed by atoms with Crippen molar-refractivity contribution >= 4 is 0 Å². The largest absolute Gasteiger partial charge is 0.311 e. The van der Waals surface area contributed by atoms with Crippen LogP contribution < -0.4 is 5.32 Å². The van der Waals surface area contributed by atoms with Crippen LogP contribution in [0.5, 0.6) is 0 Å². The lowest BCUT2D eigenvalue weighted by Crippen LogP contribution is -2.54. The van der Waals surface area contributed by atoms with E-state index in [2.05, 4.69) is 23.1 Å². The lowest BCUT2D eigenvalue weighted by atomic mass is 10.0. The summed E-state index contributed by atoms with van der Waals surface area (Å²) in [5.41, 5.74) is 0. The van der Waals surface area contributed by atoms with Crippen LogP contribution in [-0.4, -0.2) is 36.6 Å². The molecule has 0 bridgehead atoms. The standard InChI is InChI=1S/C13H22N2/c1-3-5-12(4-2)15-9-8-14-13(10-15)11-6-7-11/h1,11-14H,4-10H2,2H3. The Labute approximate surface area is 93.4 Å². The van der Waals surface area contributed by atoms with E-state index in [0.717, 1.165) is 24.9 Å². The zero-order valence-corrected chi connectivity index (χ0v) is 9.71. The Morgan fingerprint density at radius 1 is 1.53 bits per heavy atom. The van der Waals surface area contributed by atoms with E-state index in [1.165, 1.54) is 32.4 Å². The van der Waals surface area contributed by atoms with E-state index in [-0.39, 0.29) is 0 Å². The minimum atomic E-state index is 0.610. The van der Waals surface area contributed by atoms with E-state index in [9.17, 15) is 0 Å². The number of hydrogen-bond donors (Lipinski definition) is 1. The van der Waals surface area contributed by atoms with E-state index >= 15 is 0 Å². The predicted molar refractivity (Wildman–Crippen MR) is 63.6 cm³/mol. The van der Waals surface area contributed by atoms with Crippen LogP contribution in [-0.2, 0) is 0 Å². The smallest absolute Gasteiger partial charge is 0.0242 e. The van der Waals surface area contributed by atoms with Gasteiger partial charge in [-0.15, -0.1) is 12.3 Å². The maximum absolute atomic E-state index is 5.43. The summed E-state index contributed by atoms with van der Waals surface area (Å²) in [5.74, 6) is 3.77. The van der Waals surface area contributed by atoms with Gasteiger partial charge in [-0.3, -0.25) is 4.90 Å². The number of rotatable bonds is 4. The molecule has 2 unspecified atom stereocenters. The molecular weight excluding hydrogens is 184 g/mol. The first-order chi connectivity index (χ1) is 7.35. The topological polar surface area (TPSA) is 15.3 Å². The lowest BCUT2D eigenvalue weighted by molar-refractivity contribution is 0.134. The van der Waals surface area contributed by atoms with Gasteiger partial charge in [0.15, 0.2) is 0 Å². The average molecular weight is 206 g/mol. The van der Waals surface area contributed by atoms with Crippen LogP contribution in [0.2, 0.25) is 0 Å². The molecule has 0 spiro atoms. The summed E-state index contributed by atoms with van der Waals surface area (Å²) >= 11 is 0. The normalized spacial score (nSPS) is 29.7. The highest BCUT2D eigenvalue weighted by Gasteiger charge is 2.35. The highest BCUT2D eigenvalue weighted by molar-refractivity contribution is 4.96. The summed E-state index contributed by atoms with van der Waals surface area (Å²) < 4.78 is 0. The summed E-state index contributed by atoms with van der Waals surface area (Å²) in [6.07, 6.45) is 10.4. The fourth-order valence-electron chi connectivity index (χ4n) is 2.62. The molecule has 0 aromatic heterocycles. The van der Waals surface area contributed by atoms with Gasteiger partial charge in [-0.05, 0) is 25.2 Å². The van der Waals surface area contributed by atoms with Crippen molar-refractivity contribution in [3.8, 4) is 12.3 Å². The van der Waals surface area contributed by atoms with Crippen LogP contribution in [0.15, 0.2) is 0 Å². The van der Waals surface area contributed by atoms with Gasteiger partial charge in [0.05, 0.1) is 0 Å². The van der Waals surface area contributed by atoms with Crippen LogP contribution in [0.3, 0.4) is 0 Å². The molecule has 0 aromatic carbocycles. The second-order valence-corrected chi connectivity index (χ2v) is 4.86. The first kappa shape index (κ1) is 11.0. The number of nitrogens with zero attached hydrogens (tertiary/aromatic N) is 1. The zero-order chi connectivity index (χ0) is 10.7. The lowest BCUT2D eigenvalue weighted by Gasteiger charge is -2.38. The van der Waals surface area contributed by atoms with Gasteiger partial charge in [0.25, 0.3) is 0 Å². The van der Waals surface area contributed by atoms with Crippen molar-refractivity contribution in [1.82, 2.24) is 10.2 Å². The molecule has 0 aromatic rings. The number of terminal acetylenes is 1. The van der Waals surface area contributed by atoms with Crippen LogP contribution >= 0.6 is 0 Å². The van der Waals surface area contributed by atoms with Crippen LogP contribution in [0, 0.1) is 18.3 Å². The fraction of sp³-hybridized carbons (Fsp3) is 0.846. The molecular formula is C13H22N2. The molecule has 2 nitrogen and oxygen atoms in total. The zero-order valence-electron chi connectivity index (χ0n) is 9.71. The Bertz CT molecular complexity index is 239. The van der Waals surface area contributed by atoms with Crippen molar-refractivity contribution in [3.63, 3.8) is 0 Å². The summed E-state index contributed by atoms with van der Waals surface area (Å²) in [4.78, 5) is 2.60. The second kappa shape index (κ2) is 5.01. The van der Waals surface area contributed by atoms with E-state index < -0.39 is 0 Å². The van der Waals surface area contributed by atoms with Gasteiger partial charge in [0.2, 0.25) is 0 Å². The summed E-state index contributed by atoms with van der Waals surface area (Å²) in [6.45, 7) is 5.77. The first-order valence-corrected chi connectivity index (χ1v) is 6.26. The molecule has 1 aliphatic heterocycles. The Hall–Kier alpha value is -0.520. The van der Waals surface area contributed by atoms with Gasteiger partial charge >= 0.3 is 0 Å². The summed E-state index contributed by atoms with van der Waals surface area (Å²) in [5, 5.41) is 3.64. The first-order valence-electron chi connectivity index (χ1n) is 6.26. The second-order valence-electron chi connectivity index (χ2n) is 4.86. The highest BCUT2D eigenvalue weighted by atomic mass is 15.2. The molecule has 0 amide bonds. The van der Waals surface area contributed by atoms with Crippen LogP contribution in [0.1, 0.15) is 32.6 Å². The Balaban J connectivity index is 1.87. The molecule has 2 fully saturated rings. The molecule has 2 rings (SSSR count). The molecule has 2 heteroatoms. The maximum atomic E-state index is 5.43. The predicted octanol–water partition coefficient (Wildman–Crippen LogP) is 1.47. The summed E-state index contributed by atoms with van der Waals surface area (Å²) in [7, 11) is 0. The summed E-state index contributed by atoms with van der Waals surface area (Å²) in [6, 6.07) is 1.35. The van der Waals surface area contributed by atoms with Crippen molar-refractivity contribution in [2.24, 2.45) is 5.92 Å².